The fourth-order valence-corrected chi connectivity index (χ4v) is 3.40. The molecule has 0 aliphatic heterocycles. The highest BCUT2D eigenvalue weighted by Gasteiger charge is 2.20. The van der Waals surface area contributed by atoms with Crippen LogP contribution in [0.1, 0.15) is 33.9 Å². The second-order valence-corrected chi connectivity index (χ2v) is 7.43. The fourth-order valence-electron chi connectivity index (χ4n) is 2.47. The average Bonchev–Trinajstić information content (AvgIpc) is 3.15. The maximum atomic E-state index is 12.9. The molecule has 0 radical (unpaired) electrons. The van der Waals surface area contributed by atoms with E-state index in [1.165, 1.54) is 19.5 Å². The fraction of sp³-hybridized carbons (Fsp3) is 0.278. The maximum Gasteiger partial charge on any atom is 0.259 e. The van der Waals surface area contributed by atoms with Crippen molar-refractivity contribution in [3.8, 4) is 16.9 Å². The van der Waals surface area contributed by atoms with Crippen LogP contribution in [0.25, 0.3) is 11.1 Å². The molecule has 0 aliphatic rings. The van der Waals surface area contributed by atoms with E-state index >= 15 is 0 Å². The minimum atomic E-state index is -0.544. The Kier molecular flexibility index (Phi) is 6.15. The first-order chi connectivity index (χ1) is 13.4. The van der Waals surface area contributed by atoms with Crippen molar-refractivity contribution in [3.05, 3.63) is 45.9 Å². The Labute approximate surface area is 170 Å². The highest BCUT2D eigenvalue weighted by atomic mass is 35.5. The van der Waals surface area contributed by atoms with Crippen LogP contribution in [0, 0.1) is 6.92 Å². The molecule has 10 heteroatoms. The monoisotopic (exact) mass is 421 g/mol. The molecule has 1 unspecified atom stereocenters. The number of aromatic nitrogens is 4. The molecule has 0 saturated carbocycles. The zero-order valence-corrected chi connectivity index (χ0v) is 16.9. The topological polar surface area (TPSA) is 89.9 Å². The number of pyridine rings is 2. The van der Waals surface area contributed by atoms with Crippen molar-refractivity contribution in [1.29, 1.82) is 0 Å². The average molecular weight is 422 g/mol. The predicted molar refractivity (Wildman–Crippen MR) is 106 cm³/mol. The van der Waals surface area contributed by atoms with Crippen LogP contribution in [0.2, 0.25) is 5.15 Å². The van der Waals surface area contributed by atoms with Crippen molar-refractivity contribution >= 4 is 34.0 Å². The lowest BCUT2D eigenvalue weighted by atomic mass is 10.0. The number of carbonyl (C=O) groups is 1. The van der Waals surface area contributed by atoms with E-state index in [2.05, 4.69) is 25.5 Å². The summed E-state index contributed by atoms with van der Waals surface area (Å²) in [6.07, 6.45) is 2.96. The van der Waals surface area contributed by atoms with Crippen LogP contribution in [0.4, 0.5) is 9.52 Å². The Bertz CT molecular complexity index is 1010. The lowest BCUT2D eigenvalue weighted by Crippen LogP contribution is -2.14. The number of aryl methyl sites for hydroxylation is 1. The summed E-state index contributed by atoms with van der Waals surface area (Å²) in [6, 6.07) is 3.39. The molecule has 146 valence electrons. The molecule has 1 amide bonds. The quantitative estimate of drug-likeness (QED) is 0.597. The van der Waals surface area contributed by atoms with E-state index in [4.69, 9.17) is 16.3 Å². The molecule has 0 aromatic carbocycles. The number of alkyl halides is 1. The van der Waals surface area contributed by atoms with Gasteiger partial charge >= 0.3 is 0 Å². The van der Waals surface area contributed by atoms with Crippen LogP contribution in [0.5, 0.6) is 5.75 Å². The lowest BCUT2D eigenvalue weighted by molar-refractivity contribution is 0.102. The minimum absolute atomic E-state index is 0.269. The van der Waals surface area contributed by atoms with Gasteiger partial charge in [-0.25, -0.2) is 4.98 Å². The number of hydrogen-bond acceptors (Lipinski definition) is 7. The van der Waals surface area contributed by atoms with Gasteiger partial charge in [-0.3, -0.25) is 19.5 Å². The van der Waals surface area contributed by atoms with Crippen molar-refractivity contribution in [3.63, 3.8) is 0 Å². The highest BCUT2D eigenvalue weighted by Crippen LogP contribution is 2.34. The van der Waals surface area contributed by atoms with Gasteiger partial charge in [0.05, 0.1) is 25.5 Å². The Morgan fingerprint density at radius 2 is 2.07 bits per heavy atom. The number of nitrogens with one attached hydrogen (secondary N) is 1. The molecule has 0 bridgehead atoms. The van der Waals surface area contributed by atoms with Crippen molar-refractivity contribution in [2.45, 2.75) is 19.8 Å². The summed E-state index contributed by atoms with van der Waals surface area (Å²) in [4.78, 5) is 21.1. The van der Waals surface area contributed by atoms with Gasteiger partial charge in [-0.05, 0) is 19.1 Å². The molecule has 28 heavy (non-hydrogen) atoms. The van der Waals surface area contributed by atoms with Crippen molar-refractivity contribution in [2.75, 3.05) is 19.1 Å². The number of rotatable bonds is 6. The van der Waals surface area contributed by atoms with E-state index in [9.17, 15) is 9.18 Å². The summed E-state index contributed by atoms with van der Waals surface area (Å²) in [5.41, 5.74) is 2.23. The molecule has 3 heterocycles. The summed E-state index contributed by atoms with van der Waals surface area (Å²) in [7, 11) is 1.51. The number of amides is 1. The Hall–Kier alpha value is -2.65. The zero-order valence-electron chi connectivity index (χ0n) is 15.4. The Balaban J connectivity index is 1.98. The zero-order chi connectivity index (χ0) is 20.3. The van der Waals surface area contributed by atoms with Gasteiger partial charge in [0, 0.05) is 28.9 Å². The number of halogens is 2. The SMILES string of the molecule is COc1cnc(Cl)cc1-c1cc(C)ncc1C(=O)Nc1nnc(C(C)CF)s1. The largest absolute Gasteiger partial charge is 0.494 e. The maximum absolute atomic E-state index is 12.9. The molecule has 0 fully saturated rings. The van der Waals surface area contributed by atoms with Crippen LogP contribution in [-0.2, 0) is 0 Å². The van der Waals surface area contributed by atoms with Gasteiger partial charge in [0.15, 0.2) is 0 Å². The first kappa shape index (κ1) is 20.1. The number of carbonyl (C=O) groups excluding carboxylic acids is 1. The van der Waals surface area contributed by atoms with Crippen molar-refractivity contribution < 1.29 is 13.9 Å². The first-order valence-electron chi connectivity index (χ1n) is 8.30. The van der Waals surface area contributed by atoms with Crippen LogP contribution < -0.4 is 10.1 Å². The van der Waals surface area contributed by atoms with Crippen LogP contribution >= 0.6 is 22.9 Å². The minimum Gasteiger partial charge on any atom is -0.494 e. The van der Waals surface area contributed by atoms with E-state index in [1.807, 2.05) is 6.92 Å². The van der Waals surface area contributed by atoms with Gasteiger partial charge in [0.1, 0.15) is 15.9 Å². The molecule has 3 aromatic rings. The molecule has 1 atom stereocenters. The second-order valence-electron chi connectivity index (χ2n) is 6.03. The van der Waals surface area contributed by atoms with Gasteiger partial charge in [-0.2, -0.15) is 0 Å². The third-order valence-corrected chi connectivity index (χ3v) is 5.22. The van der Waals surface area contributed by atoms with Gasteiger partial charge in [0.2, 0.25) is 5.13 Å². The molecule has 3 rings (SSSR count). The molecule has 0 saturated heterocycles. The second kappa shape index (κ2) is 8.57. The summed E-state index contributed by atoms with van der Waals surface area (Å²) >= 11 is 7.17. The third kappa shape index (κ3) is 4.26. The molecular weight excluding hydrogens is 405 g/mol. The molecule has 7 nitrogen and oxygen atoms in total. The molecule has 1 N–H and O–H groups in total. The first-order valence-corrected chi connectivity index (χ1v) is 9.49. The number of nitrogens with zero attached hydrogens (tertiary/aromatic N) is 4. The van der Waals surface area contributed by atoms with Crippen LogP contribution in [-0.4, -0.2) is 39.9 Å². The van der Waals surface area contributed by atoms with Gasteiger partial charge in [-0.15, -0.1) is 10.2 Å². The third-order valence-electron chi connectivity index (χ3n) is 3.94. The number of ether oxygens (including phenoxy) is 1. The molecular formula is C18H17ClFN5O2S. The van der Waals surface area contributed by atoms with Crippen molar-refractivity contribution in [2.24, 2.45) is 0 Å². The smallest absolute Gasteiger partial charge is 0.259 e. The Morgan fingerprint density at radius 1 is 1.29 bits per heavy atom. The molecule has 0 spiro atoms. The predicted octanol–water partition coefficient (Wildman–Crippen LogP) is 4.29. The summed E-state index contributed by atoms with van der Waals surface area (Å²) in [5, 5.41) is 11.6. The number of anilines is 1. The highest BCUT2D eigenvalue weighted by molar-refractivity contribution is 7.15. The van der Waals surface area contributed by atoms with Gasteiger partial charge < -0.3 is 4.74 Å². The summed E-state index contributed by atoms with van der Waals surface area (Å²) in [5.74, 6) is -0.324. The van der Waals surface area contributed by atoms with E-state index in [0.717, 1.165) is 17.0 Å². The Morgan fingerprint density at radius 3 is 2.79 bits per heavy atom. The molecule has 0 aliphatic carbocycles. The van der Waals surface area contributed by atoms with E-state index in [0.29, 0.717) is 27.4 Å². The summed E-state index contributed by atoms with van der Waals surface area (Å²) in [6.45, 7) is 2.97. The number of hydrogen-bond donors (Lipinski definition) is 1. The van der Waals surface area contributed by atoms with E-state index in [-0.39, 0.29) is 16.2 Å². The normalized spacial score (nSPS) is 11.9. The lowest BCUT2D eigenvalue weighted by Gasteiger charge is -2.13. The molecule has 3 aromatic heterocycles. The van der Waals surface area contributed by atoms with E-state index < -0.39 is 12.6 Å². The van der Waals surface area contributed by atoms with Crippen LogP contribution in [0.15, 0.2) is 24.5 Å². The van der Waals surface area contributed by atoms with E-state index in [1.54, 1.807) is 19.1 Å². The van der Waals surface area contributed by atoms with Crippen LogP contribution in [0.3, 0.4) is 0 Å². The summed E-state index contributed by atoms with van der Waals surface area (Å²) < 4.78 is 18.2. The van der Waals surface area contributed by atoms with Gasteiger partial charge in [0.25, 0.3) is 5.91 Å². The number of methoxy groups -OCH3 is 1. The standard InChI is InChI=1S/C18H17ClFN5O2S/c1-9(6-20)17-24-25-18(28-17)23-16(26)13-7-21-10(2)4-11(13)12-5-15(19)22-8-14(12)27-3/h4-5,7-9H,6H2,1-3H3,(H,23,25,26). The van der Waals surface area contributed by atoms with Crippen molar-refractivity contribution in [1.82, 2.24) is 20.2 Å². The van der Waals surface area contributed by atoms with Gasteiger partial charge in [-0.1, -0.05) is 29.9 Å².